The lowest BCUT2D eigenvalue weighted by molar-refractivity contribution is -0.150. The van der Waals surface area contributed by atoms with Crippen molar-refractivity contribution in [3.05, 3.63) is 167 Å². The third-order valence-electron chi connectivity index (χ3n) is 15.7. The Hall–Kier alpha value is -6.08. The largest absolute Gasteiger partial charge is 0.418 e. The molecule has 0 aliphatic carbocycles. The van der Waals surface area contributed by atoms with Crippen LogP contribution < -0.4 is 9.80 Å². The Balaban J connectivity index is 1.01. The Kier molecular flexibility index (Phi) is 20.1. The molecule has 0 amide bonds. The lowest BCUT2D eigenvalue weighted by atomic mass is 9.84. The van der Waals surface area contributed by atoms with Crippen LogP contribution >= 0.6 is 0 Å². The van der Waals surface area contributed by atoms with E-state index in [1.807, 2.05) is 0 Å². The molecular weight excluding hydrogens is 1090 g/mol. The van der Waals surface area contributed by atoms with E-state index >= 15 is 0 Å². The molecule has 0 bridgehead atoms. The summed E-state index contributed by atoms with van der Waals surface area (Å²) in [6, 6.07) is 29.0. The predicted octanol–water partition coefficient (Wildman–Crippen LogP) is 19.5. The zero-order valence-electron chi connectivity index (χ0n) is 45.9. The van der Waals surface area contributed by atoms with Crippen molar-refractivity contribution in [3.8, 4) is 11.1 Å². The molecule has 0 radical (unpaired) electrons. The highest BCUT2D eigenvalue weighted by molar-refractivity contribution is 5.83. The molecule has 6 aromatic rings. The van der Waals surface area contributed by atoms with Crippen LogP contribution in [0.4, 0.5) is 86.8 Å². The number of rotatable bonds is 27. The molecule has 2 saturated heterocycles. The van der Waals surface area contributed by atoms with Gasteiger partial charge in [-0.05, 0) is 159 Å². The number of alkyl halides is 12. The monoisotopic (exact) mass is 1160 g/mol. The Bertz CT molecular complexity index is 2750. The molecule has 18 heteroatoms. The summed E-state index contributed by atoms with van der Waals surface area (Å²) in [5.74, 6) is 0. The molecule has 2 aliphatic heterocycles. The van der Waals surface area contributed by atoms with Crippen molar-refractivity contribution in [1.29, 1.82) is 0 Å². The zero-order valence-corrected chi connectivity index (χ0v) is 45.9. The first-order valence-corrected chi connectivity index (χ1v) is 27.9. The highest BCUT2D eigenvalue weighted by Crippen LogP contribution is 2.48. The molecule has 6 aromatic carbocycles. The Morgan fingerprint density at radius 2 is 0.707 bits per heavy atom. The number of nitrogens with zero attached hydrogens (tertiary/aromatic N) is 2. The number of anilines is 6. The average molecular weight is 1160 g/mol. The van der Waals surface area contributed by atoms with Crippen LogP contribution in [0, 0.1) is 10.8 Å². The van der Waals surface area contributed by atoms with E-state index in [9.17, 15) is 52.7 Å². The summed E-state index contributed by atoms with van der Waals surface area (Å²) in [6.45, 7) is 9.77. The molecule has 82 heavy (non-hydrogen) atoms. The summed E-state index contributed by atoms with van der Waals surface area (Å²) in [5, 5.41) is 0. The van der Waals surface area contributed by atoms with Crippen molar-refractivity contribution < 1.29 is 71.6 Å². The lowest BCUT2D eigenvalue weighted by Gasteiger charge is -2.40. The van der Waals surface area contributed by atoms with Crippen molar-refractivity contribution in [3.63, 3.8) is 0 Å². The van der Waals surface area contributed by atoms with Crippen molar-refractivity contribution >= 4 is 34.1 Å². The first-order chi connectivity index (χ1) is 39.0. The Morgan fingerprint density at radius 3 is 0.988 bits per heavy atom. The van der Waals surface area contributed by atoms with Gasteiger partial charge in [0.15, 0.2) is 0 Å². The fraction of sp³-hybridized carbons (Fsp3) is 0.438. The number of hydrogen-bond acceptors (Lipinski definition) is 6. The summed E-state index contributed by atoms with van der Waals surface area (Å²) in [4.78, 5) is 2.46. The molecule has 442 valence electrons. The van der Waals surface area contributed by atoms with Gasteiger partial charge in [0.2, 0.25) is 0 Å². The van der Waals surface area contributed by atoms with E-state index in [0.29, 0.717) is 89.0 Å². The molecule has 0 saturated carbocycles. The van der Waals surface area contributed by atoms with E-state index in [1.165, 1.54) is 34.1 Å². The van der Waals surface area contributed by atoms with Gasteiger partial charge in [-0.2, -0.15) is 52.7 Å². The van der Waals surface area contributed by atoms with Gasteiger partial charge in [-0.15, -0.1) is 0 Å². The van der Waals surface area contributed by atoms with Crippen LogP contribution in [0.2, 0.25) is 0 Å². The maximum Gasteiger partial charge on any atom is 0.418 e. The number of aryl methyl sites for hydroxylation is 2. The van der Waals surface area contributed by atoms with E-state index in [4.69, 9.17) is 18.9 Å². The van der Waals surface area contributed by atoms with Gasteiger partial charge in [0.25, 0.3) is 0 Å². The normalized spacial score (nSPS) is 15.2. The van der Waals surface area contributed by atoms with E-state index in [2.05, 4.69) is 13.8 Å². The standard InChI is InChI=1S/C64H68F12N2O4/c1-3-59(41-81-42-59)39-79-35-11-7-5-9-13-45-15-25-51(26-16-45)77(57-33-23-49(61(65,66)67)37-55(57)63(71,72)73)53-29-19-47(20-30-53)48-21-31-54(32-22-48)78(58-34-24-50(62(68,69)70)38-56(58)64(74,75)76)52-27-17-46(18-28-52)14-10-6-8-12-36-80-40-60(4-2)43-82-44-60/h15-34,37-38H,3-14,35-36,39-44H2,1-2H3. The summed E-state index contributed by atoms with van der Waals surface area (Å²) >= 11 is 0. The molecule has 0 aromatic heterocycles. The van der Waals surface area contributed by atoms with E-state index in [1.54, 1.807) is 72.8 Å². The molecule has 6 nitrogen and oxygen atoms in total. The van der Waals surface area contributed by atoms with Crippen molar-refractivity contribution in [2.24, 2.45) is 10.8 Å². The summed E-state index contributed by atoms with van der Waals surface area (Å²) in [5.41, 5.74) is -3.09. The Morgan fingerprint density at radius 1 is 0.390 bits per heavy atom. The second-order valence-electron chi connectivity index (χ2n) is 21.7. The minimum absolute atomic E-state index is 0.0936. The third-order valence-corrected chi connectivity index (χ3v) is 15.7. The number of benzene rings is 6. The molecule has 2 fully saturated rings. The second kappa shape index (κ2) is 26.7. The SMILES string of the molecule is CCC1(COCCCCCCc2ccc(N(c3ccc(-c4ccc(N(c5ccc(CCCCCCOCC6(CC)COC6)cc5)c5ccc(C(F)(F)F)cc5C(F)(F)F)cc4)cc3)c3ccc(C(F)(F)F)cc3C(F)(F)F)cc2)COC1. The topological polar surface area (TPSA) is 43.4 Å². The highest BCUT2D eigenvalue weighted by Gasteiger charge is 2.42. The van der Waals surface area contributed by atoms with Crippen molar-refractivity contribution in [2.45, 2.75) is 116 Å². The minimum atomic E-state index is -5.19. The molecular formula is C64H68F12N2O4. The maximum absolute atomic E-state index is 14.8. The quantitative estimate of drug-likeness (QED) is 0.0378. The fourth-order valence-corrected chi connectivity index (χ4v) is 10.3. The molecule has 2 aliphatic rings. The predicted molar refractivity (Wildman–Crippen MR) is 294 cm³/mol. The number of hydrogen-bond donors (Lipinski definition) is 0. The molecule has 0 N–H and O–H groups in total. The number of ether oxygens (including phenoxy) is 4. The van der Waals surface area contributed by atoms with Crippen LogP contribution in [-0.4, -0.2) is 52.9 Å². The van der Waals surface area contributed by atoms with E-state index in [-0.39, 0.29) is 45.7 Å². The van der Waals surface area contributed by atoms with Crippen LogP contribution in [0.5, 0.6) is 0 Å². The van der Waals surface area contributed by atoms with E-state index in [0.717, 1.165) is 87.5 Å². The van der Waals surface area contributed by atoms with Crippen LogP contribution in [-0.2, 0) is 56.5 Å². The van der Waals surface area contributed by atoms with Gasteiger partial charge in [-0.25, -0.2) is 0 Å². The third kappa shape index (κ3) is 15.8. The average Bonchev–Trinajstić information content (AvgIpc) is 2.41. The van der Waals surface area contributed by atoms with Crippen LogP contribution in [0.1, 0.15) is 111 Å². The zero-order chi connectivity index (χ0) is 58.8. The molecule has 2 heterocycles. The second-order valence-corrected chi connectivity index (χ2v) is 21.7. The van der Waals surface area contributed by atoms with Gasteiger partial charge in [-0.3, -0.25) is 0 Å². The van der Waals surface area contributed by atoms with Gasteiger partial charge in [0.1, 0.15) is 0 Å². The summed E-state index contributed by atoms with van der Waals surface area (Å²) in [6.07, 6.45) is -9.90. The molecule has 0 unspecified atom stereocenters. The molecule has 0 atom stereocenters. The van der Waals surface area contributed by atoms with Crippen LogP contribution in [0.15, 0.2) is 133 Å². The summed E-state index contributed by atoms with van der Waals surface area (Å²) in [7, 11) is 0. The lowest BCUT2D eigenvalue weighted by Crippen LogP contribution is -2.45. The molecule has 8 rings (SSSR count). The Labute approximate surface area is 471 Å². The van der Waals surface area contributed by atoms with Crippen molar-refractivity contribution in [1.82, 2.24) is 0 Å². The van der Waals surface area contributed by atoms with Gasteiger partial charge >= 0.3 is 24.7 Å². The van der Waals surface area contributed by atoms with Gasteiger partial charge in [-0.1, -0.05) is 88.1 Å². The summed E-state index contributed by atoms with van der Waals surface area (Å²) < 4.78 is 195. The van der Waals surface area contributed by atoms with Gasteiger partial charge < -0.3 is 28.7 Å². The van der Waals surface area contributed by atoms with Crippen molar-refractivity contribution in [2.75, 3.05) is 62.7 Å². The van der Waals surface area contributed by atoms with Crippen LogP contribution in [0.25, 0.3) is 11.1 Å². The molecule has 0 spiro atoms. The number of unbranched alkanes of at least 4 members (excludes halogenated alkanes) is 6. The highest BCUT2D eigenvalue weighted by atomic mass is 19.4. The minimum Gasteiger partial charge on any atom is -0.381 e. The number of halogens is 12. The first kappa shape index (κ1) is 62.0. The first-order valence-electron chi connectivity index (χ1n) is 27.9. The smallest absolute Gasteiger partial charge is 0.381 e. The fourth-order valence-electron chi connectivity index (χ4n) is 10.3. The maximum atomic E-state index is 14.8. The van der Waals surface area contributed by atoms with Gasteiger partial charge in [0, 0.05) is 46.8 Å². The van der Waals surface area contributed by atoms with Crippen LogP contribution in [0.3, 0.4) is 0 Å². The van der Waals surface area contributed by atoms with E-state index < -0.39 is 58.3 Å². The van der Waals surface area contributed by atoms with Gasteiger partial charge in [0.05, 0.1) is 73.3 Å².